The Balaban J connectivity index is 1.67. The number of ether oxygens (including phenoxy) is 1. The maximum atomic E-state index is 12.9. The van der Waals surface area contributed by atoms with Crippen LogP contribution in [-0.2, 0) is 16.8 Å². The van der Waals surface area contributed by atoms with Crippen molar-refractivity contribution >= 4 is 16.8 Å². The first-order chi connectivity index (χ1) is 15.3. The summed E-state index contributed by atoms with van der Waals surface area (Å²) in [6.45, 7) is 6.98. The van der Waals surface area contributed by atoms with Gasteiger partial charge >= 0.3 is 0 Å². The van der Waals surface area contributed by atoms with Gasteiger partial charge in [0, 0.05) is 29.4 Å². The quantitative estimate of drug-likeness (QED) is 0.383. The molecule has 0 bridgehead atoms. The van der Waals surface area contributed by atoms with Gasteiger partial charge in [-0.15, -0.1) is 0 Å². The Morgan fingerprint density at radius 2 is 1.91 bits per heavy atom. The van der Waals surface area contributed by atoms with Gasteiger partial charge in [-0.05, 0) is 52.4 Å². The van der Waals surface area contributed by atoms with Gasteiger partial charge in [0.2, 0.25) is 5.91 Å². The average molecular weight is 431 g/mol. The Hall–Kier alpha value is -3.47. The number of rotatable bonds is 7. The normalized spacial score (nSPS) is 12.6. The Morgan fingerprint density at radius 1 is 1.12 bits per heavy atom. The summed E-state index contributed by atoms with van der Waals surface area (Å²) < 4.78 is 10.8. The molecular formula is C27H30N2O3. The predicted octanol–water partition coefficient (Wildman–Crippen LogP) is 5.91. The van der Waals surface area contributed by atoms with Gasteiger partial charge in [0.15, 0.2) is 0 Å². The molecule has 5 heteroatoms. The number of methoxy groups -OCH3 is 1. The number of aromatic nitrogens is 1. The van der Waals surface area contributed by atoms with Crippen molar-refractivity contribution in [3.05, 3.63) is 89.5 Å². The maximum Gasteiger partial charge on any atom is 0.221 e. The second kappa shape index (κ2) is 8.95. The Labute approximate surface area is 188 Å². The highest BCUT2D eigenvalue weighted by Gasteiger charge is 2.23. The number of amides is 1. The molecule has 166 valence electrons. The summed E-state index contributed by atoms with van der Waals surface area (Å²) in [5.74, 6) is 1.41. The van der Waals surface area contributed by atoms with Gasteiger partial charge in [0.05, 0.1) is 19.9 Å². The summed E-state index contributed by atoms with van der Waals surface area (Å²) in [5.41, 5.74) is 4.55. The number of hydrogen-bond donors (Lipinski definition) is 2. The van der Waals surface area contributed by atoms with Gasteiger partial charge in [-0.2, -0.15) is 0 Å². The first-order valence-corrected chi connectivity index (χ1v) is 10.9. The van der Waals surface area contributed by atoms with E-state index in [2.05, 4.69) is 55.3 Å². The standard InChI is InChI=1S/C27H30N2O3/c1-27(2,3)19-9-7-18(8-10-19)22(15-26(30)29-16-21-6-5-13-32-21)24-17-28-25-12-11-20(31-4)14-23(24)25/h5-14,17,22,28H,15-16H2,1-4H3,(H,29,30). The lowest BCUT2D eigenvalue weighted by Gasteiger charge is -2.22. The first kappa shape index (κ1) is 21.8. The second-order valence-electron chi connectivity index (χ2n) is 9.14. The molecule has 0 fully saturated rings. The van der Waals surface area contributed by atoms with Crippen LogP contribution in [-0.4, -0.2) is 18.0 Å². The zero-order chi connectivity index (χ0) is 22.7. The number of fused-ring (bicyclic) bond motifs is 1. The number of carbonyl (C=O) groups excluding carboxylic acids is 1. The van der Waals surface area contributed by atoms with Crippen LogP contribution >= 0.6 is 0 Å². The van der Waals surface area contributed by atoms with E-state index in [0.717, 1.165) is 33.5 Å². The number of nitrogens with one attached hydrogen (secondary N) is 2. The number of furan rings is 1. The average Bonchev–Trinajstić information content (AvgIpc) is 3.45. The van der Waals surface area contributed by atoms with Crippen LogP contribution in [0.4, 0.5) is 0 Å². The van der Waals surface area contributed by atoms with E-state index in [1.165, 1.54) is 5.56 Å². The van der Waals surface area contributed by atoms with Crippen LogP contribution in [0.5, 0.6) is 5.75 Å². The van der Waals surface area contributed by atoms with Crippen LogP contribution in [0.2, 0.25) is 0 Å². The van der Waals surface area contributed by atoms with E-state index in [-0.39, 0.29) is 17.2 Å². The van der Waals surface area contributed by atoms with Gasteiger partial charge in [-0.25, -0.2) is 0 Å². The molecule has 2 aromatic heterocycles. The maximum absolute atomic E-state index is 12.9. The fourth-order valence-corrected chi connectivity index (χ4v) is 4.02. The van der Waals surface area contributed by atoms with Crippen LogP contribution in [0.15, 0.2) is 71.5 Å². The Kier molecular flexibility index (Phi) is 6.08. The molecule has 0 radical (unpaired) electrons. The van der Waals surface area contributed by atoms with Crippen molar-refractivity contribution in [3.8, 4) is 5.75 Å². The van der Waals surface area contributed by atoms with Crippen molar-refractivity contribution in [2.45, 2.75) is 45.1 Å². The number of hydrogen-bond acceptors (Lipinski definition) is 3. The highest BCUT2D eigenvalue weighted by Crippen LogP contribution is 2.36. The second-order valence-corrected chi connectivity index (χ2v) is 9.14. The van der Waals surface area contributed by atoms with Crippen molar-refractivity contribution in [1.82, 2.24) is 10.3 Å². The van der Waals surface area contributed by atoms with Crippen molar-refractivity contribution in [1.29, 1.82) is 0 Å². The van der Waals surface area contributed by atoms with Crippen LogP contribution in [0.3, 0.4) is 0 Å². The lowest BCUT2D eigenvalue weighted by atomic mass is 9.83. The largest absolute Gasteiger partial charge is 0.497 e. The minimum Gasteiger partial charge on any atom is -0.497 e. The zero-order valence-corrected chi connectivity index (χ0v) is 19.1. The van der Waals surface area contributed by atoms with Crippen LogP contribution in [0.25, 0.3) is 10.9 Å². The third-order valence-electron chi connectivity index (χ3n) is 5.90. The van der Waals surface area contributed by atoms with Gasteiger partial charge in [-0.3, -0.25) is 4.79 Å². The monoisotopic (exact) mass is 430 g/mol. The molecule has 2 heterocycles. The van der Waals surface area contributed by atoms with Crippen molar-refractivity contribution in [2.75, 3.05) is 7.11 Å². The highest BCUT2D eigenvalue weighted by atomic mass is 16.5. The fraction of sp³-hybridized carbons (Fsp3) is 0.296. The molecule has 5 nitrogen and oxygen atoms in total. The van der Waals surface area contributed by atoms with Crippen molar-refractivity contribution in [3.63, 3.8) is 0 Å². The van der Waals surface area contributed by atoms with Gasteiger partial charge in [0.25, 0.3) is 0 Å². The molecule has 4 aromatic rings. The van der Waals surface area contributed by atoms with Gasteiger partial charge in [0.1, 0.15) is 11.5 Å². The van der Waals surface area contributed by atoms with Crippen LogP contribution in [0, 0.1) is 0 Å². The molecule has 4 rings (SSSR count). The molecule has 2 N–H and O–H groups in total. The Morgan fingerprint density at radius 3 is 2.56 bits per heavy atom. The third-order valence-corrected chi connectivity index (χ3v) is 5.90. The zero-order valence-electron chi connectivity index (χ0n) is 19.1. The van der Waals surface area contributed by atoms with Gasteiger partial charge < -0.3 is 19.5 Å². The lowest BCUT2D eigenvalue weighted by Crippen LogP contribution is -2.24. The number of carbonyl (C=O) groups is 1. The first-order valence-electron chi connectivity index (χ1n) is 10.9. The van der Waals surface area contributed by atoms with Crippen LogP contribution in [0.1, 0.15) is 55.6 Å². The Bertz CT molecular complexity index is 1180. The van der Waals surface area contributed by atoms with E-state index in [4.69, 9.17) is 9.15 Å². The predicted molar refractivity (Wildman–Crippen MR) is 127 cm³/mol. The molecule has 0 saturated carbocycles. The number of aromatic amines is 1. The van der Waals surface area contributed by atoms with E-state index < -0.39 is 0 Å². The van der Waals surface area contributed by atoms with E-state index in [1.807, 2.05) is 36.5 Å². The molecule has 0 aliphatic carbocycles. The lowest BCUT2D eigenvalue weighted by molar-refractivity contribution is -0.121. The molecule has 1 atom stereocenters. The van der Waals surface area contributed by atoms with E-state index in [9.17, 15) is 4.79 Å². The summed E-state index contributed by atoms with van der Waals surface area (Å²) in [4.78, 5) is 16.3. The van der Waals surface area contributed by atoms with Gasteiger partial charge in [-0.1, -0.05) is 45.0 Å². The molecule has 32 heavy (non-hydrogen) atoms. The molecule has 0 aliphatic heterocycles. The molecule has 0 aliphatic rings. The van der Waals surface area contributed by atoms with E-state index in [0.29, 0.717) is 13.0 Å². The molecule has 0 saturated heterocycles. The number of H-pyrrole nitrogens is 1. The highest BCUT2D eigenvalue weighted by molar-refractivity contribution is 5.87. The molecule has 1 unspecified atom stereocenters. The van der Waals surface area contributed by atoms with Crippen LogP contribution < -0.4 is 10.1 Å². The third kappa shape index (κ3) is 4.72. The summed E-state index contributed by atoms with van der Waals surface area (Å²) in [6, 6.07) is 18.3. The summed E-state index contributed by atoms with van der Waals surface area (Å²) in [5, 5.41) is 4.05. The minimum atomic E-state index is -0.0959. The smallest absolute Gasteiger partial charge is 0.221 e. The molecule has 0 spiro atoms. The summed E-state index contributed by atoms with van der Waals surface area (Å²) in [6.07, 6.45) is 3.95. The minimum absolute atomic E-state index is 0.0245. The summed E-state index contributed by atoms with van der Waals surface area (Å²) >= 11 is 0. The molecule has 1 amide bonds. The number of benzene rings is 2. The van der Waals surface area contributed by atoms with E-state index in [1.54, 1.807) is 13.4 Å². The SMILES string of the molecule is COc1ccc2[nH]cc(C(CC(=O)NCc3ccco3)c3ccc(C(C)(C)C)cc3)c2c1. The van der Waals surface area contributed by atoms with Crippen molar-refractivity contribution in [2.24, 2.45) is 0 Å². The summed E-state index contributed by atoms with van der Waals surface area (Å²) in [7, 11) is 1.66. The topological polar surface area (TPSA) is 67.3 Å². The van der Waals surface area contributed by atoms with E-state index >= 15 is 0 Å². The molecule has 2 aromatic carbocycles. The van der Waals surface area contributed by atoms with Crippen molar-refractivity contribution < 1.29 is 13.9 Å². The molecular weight excluding hydrogens is 400 g/mol. The fourth-order valence-electron chi connectivity index (χ4n) is 4.02.